The Morgan fingerprint density at radius 2 is 2.24 bits per heavy atom. The molecule has 0 spiro atoms. The number of carbonyl (C=O) groups is 1. The minimum atomic E-state index is -3.50. The van der Waals surface area contributed by atoms with Crippen molar-refractivity contribution in [3.63, 3.8) is 0 Å². The summed E-state index contributed by atoms with van der Waals surface area (Å²) >= 11 is 0. The second kappa shape index (κ2) is 6.55. The summed E-state index contributed by atoms with van der Waals surface area (Å²) in [5.74, 6) is -1.29. The van der Waals surface area contributed by atoms with Crippen LogP contribution in [0.3, 0.4) is 0 Å². The molecular weight excluding hydrogens is 294 g/mol. The van der Waals surface area contributed by atoms with Gasteiger partial charge in [0.1, 0.15) is 0 Å². The third-order valence-electron chi connectivity index (χ3n) is 3.36. The van der Waals surface area contributed by atoms with Crippen LogP contribution >= 0.6 is 0 Å². The van der Waals surface area contributed by atoms with Crippen molar-refractivity contribution >= 4 is 16.0 Å². The second-order valence-electron chi connectivity index (χ2n) is 5.29. The molecule has 6 nitrogen and oxygen atoms in total. The first-order valence-corrected chi connectivity index (χ1v) is 8.45. The number of carboxylic acids is 1. The van der Waals surface area contributed by atoms with E-state index in [1.54, 1.807) is 12.1 Å². The summed E-state index contributed by atoms with van der Waals surface area (Å²) in [6.07, 6.45) is 1.34. The number of ether oxygens (including phenoxy) is 1. The van der Waals surface area contributed by atoms with Gasteiger partial charge in [0.05, 0.1) is 17.4 Å². The van der Waals surface area contributed by atoms with Crippen LogP contribution in [0.1, 0.15) is 35.7 Å². The summed E-state index contributed by atoms with van der Waals surface area (Å²) in [7, 11) is -3.50. The standard InChI is InChI=1S/C14H19NO5S/c1-10-7-13(5-6-20-10)15-21(18,19)9-11-3-2-4-12(8-11)14(16)17/h2-4,8,10,13,15H,5-7,9H2,1H3,(H,16,17). The van der Waals surface area contributed by atoms with Gasteiger partial charge in [-0.1, -0.05) is 12.1 Å². The Bertz CT molecular complexity index is 614. The molecule has 1 aromatic rings. The summed E-state index contributed by atoms with van der Waals surface area (Å²) < 4.78 is 32.4. The van der Waals surface area contributed by atoms with Crippen LogP contribution in [0.15, 0.2) is 24.3 Å². The minimum Gasteiger partial charge on any atom is -0.478 e. The van der Waals surface area contributed by atoms with Gasteiger partial charge in [-0.25, -0.2) is 17.9 Å². The van der Waals surface area contributed by atoms with Crippen molar-refractivity contribution in [1.29, 1.82) is 0 Å². The molecule has 1 heterocycles. The zero-order valence-corrected chi connectivity index (χ0v) is 12.6. The van der Waals surface area contributed by atoms with Gasteiger partial charge in [-0.15, -0.1) is 0 Å². The summed E-state index contributed by atoms with van der Waals surface area (Å²) in [5.41, 5.74) is 0.546. The van der Waals surface area contributed by atoms with E-state index < -0.39 is 16.0 Å². The molecule has 2 rings (SSSR count). The highest BCUT2D eigenvalue weighted by Gasteiger charge is 2.24. The van der Waals surface area contributed by atoms with Crippen LogP contribution in [0.2, 0.25) is 0 Å². The summed E-state index contributed by atoms with van der Waals surface area (Å²) in [6, 6.07) is 5.85. The fraction of sp³-hybridized carbons (Fsp3) is 0.500. The lowest BCUT2D eigenvalue weighted by atomic mass is 10.1. The predicted octanol–water partition coefficient (Wildman–Crippen LogP) is 1.37. The minimum absolute atomic E-state index is 0.0433. The van der Waals surface area contributed by atoms with Gasteiger partial charge in [-0.05, 0) is 37.5 Å². The van der Waals surface area contributed by atoms with E-state index in [2.05, 4.69) is 4.72 Å². The number of hydrogen-bond donors (Lipinski definition) is 2. The van der Waals surface area contributed by atoms with E-state index >= 15 is 0 Å². The van der Waals surface area contributed by atoms with Crippen LogP contribution in [0, 0.1) is 0 Å². The first-order chi connectivity index (χ1) is 9.85. The number of carboxylic acid groups (broad SMARTS) is 1. The second-order valence-corrected chi connectivity index (χ2v) is 7.04. The van der Waals surface area contributed by atoms with Crippen LogP contribution in [0.25, 0.3) is 0 Å². The molecule has 2 N–H and O–H groups in total. The number of hydrogen-bond acceptors (Lipinski definition) is 4. The van der Waals surface area contributed by atoms with Gasteiger partial charge in [-0.3, -0.25) is 0 Å². The zero-order valence-electron chi connectivity index (χ0n) is 11.8. The molecule has 0 amide bonds. The van der Waals surface area contributed by atoms with E-state index in [4.69, 9.17) is 9.84 Å². The summed E-state index contributed by atoms with van der Waals surface area (Å²) in [6.45, 7) is 2.46. The largest absolute Gasteiger partial charge is 0.478 e. The van der Waals surface area contributed by atoms with E-state index in [0.29, 0.717) is 25.0 Å². The van der Waals surface area contributed by atoms with Crippen LogP contribution < -0.4 is 4.72 Å². The molecular formula is C14H19NO5S. The third kappa shape index (κ3) is 4.80. The van der Waals surface area contributed by atoms with Gasteiger partial charge < -0.3 is 9.84 Å². The molecule has 1 fully saturated rings. The molecule has 1 saturated heterocycles. The summed E-state index contributed by atoms with van der Waals surface area (Å²) in [5, 5.41) is 8.92. The maximum atomic E-state index is 12.2. The average molecular weight is 313 g/mol. The quantitative estimate of drug-likeness (QED) is 0.856. The zero-order chi connectivity index (χ0) is 15.5. The molecule has 116 valence electrons. The van der Waals surface area contributed by atoms with Crippen molar-refractivity contribution < 1.29 is 23.1 Å². The first-order valence-electron chi connectivity index (χ1n) is 6.79. The number of nitrogens with one attached hydrogen (secondary N) is 1. The average Bonchev–Trinajstić information content (AvgIpc) is 2.37. The monoisotopic (exact) mass is 313 g/mol. The van der Waals surface area contributed by atoms with Crippen molar-refractivity contribution in [3.05, 3.63) is 35.4 Å². The molecule has 2 unspecified atom stereocenters. The Morgan fingerprint density at radius 1 is 1.48 bits per heavy atom. The predicted molar refractivity (Wildman–Crippen MR) is 77.6 cm³/mol. The highest BCUT2D eigenvalue weighted by Crippen LogP contribution is 2.15. The fourth-order valence-electron chi connectivity index (χ4n) is 2.41. The highest BCUT2D eigenvalue weighted by molar-refractivity contribution is 7.88. The van der Waals surface area contributed by atoms with E-state index in [1.165, 1.54) is 12.1 Å². The lowest BCUT2D eigenvalue weighted by molar-refractivity contribution is 0.0173. The van der Waals surface area contributed by atoms with E-state index in [9.17, 15) is 13.2 Å². The Labute approximate surface area is 124 Å². The van der Waals surface area contributed by atoms with Gasteiger partial charge in [-0.2, -0.15) is 0 Å². The van der Waals surface area contributed by atoms with Crippen molar-refractivity contribution in [2.24, 2.45) is 0 Å². The van der Waals surface area contributed by atoms with Gasteiger partial charge in [0.2, 0.25) is 10.0 Å². The van der Waals surface area contributed by atoms with Crippen LogP contribution in [0.4, 0.5) is 0 Å². The first kappa shape index (κ1) is 15.9. The molecule has 0 radical (unpaired) electrons. The van der Waals surface area contributed by atoms with Crippen molar-refractivity contribution in [2.75, 3.05) is 6.61 Å². The molecule has 1 aliphatic rings. The molecule has 2 atom stereocenters. The van der Waals surface area contributed by atoms with Crippen molar-refractivity contribution in [2.45, 2.75) is 37.7 Å². The van der Waals surface area contributed by atoms with E-state index in [1.807, 2.05) is 6.92 Å². The molecule has 1 aliphatic heterocycles. The molecule has 21 heavy (non-hydrogen) atoms. The van der Waals surface area contributed by atoms with Crippen LogP contribution in [-0.2, 0) is 20.5 Å². The van der Waals surface area contributed by atoms with Gasteiger partial charge in [0.15, 0.2) is 0 Å². The fourth-order valence-corrected chi connectivity index (χ4v) is 3.84. The third-order valence-corrected chi connectivity index (χ3v) is 4.77. The van der Waals surface area contributed by atoms with Crippen LogP contribution in [-0.4, -0.2) is 38.2 Å². The normalized spacial score (nSPS) is 22.9. The summed E-state index contributed by atoms with van der Waals surface area (Å²) in [4.78, 5) is 10.9. The molecule has 0 aliphatic carbocycles. The van der Waals surface area contributed by atoms with Crippen molar-refractivity contribution in [3.8, 4) is 0 Å². The SMILES string of the molecule is CC1CC(NS(=O)(=O)Cc2cccc(C(=O)O)c2)CCO1. The molecule has 0 aromatic heterocycles. The van der Waals surface area contributed by atoms with Crippen molar-refractivity contribution in [1.82, 2.24) is 4.72 Å². The van der Waals surface area contributed by atoms with E-state index in [-0.39, 0.29) is 23.5 Å². The number of sulfonamides is 1. The number of aromatic carboxylic acids is 1. The smallest absolute Gasteiger partial charge is 0.335 e. The Balaban J connectivity index is 2.03. The molecule has 1 aromatic carbocycles. The Hall–Kier alpha value is -1.44. The van der Waals surface area contributed by atoms with Crippen LogP contribution in [0.5, 0.6) is 0 Å². The lowest BCUT2D eigenvalue weighted by Crippen LogP contribution is -2.41. The molecule has 0 bridgehead atoms. The van der Waals surface area contributed by atoms with E-state index in [0.717, 1.165) is 0 Å². The highest BCUT2D eigenvalue weighted by atomic mass is 32.2. The van der Waals surface area contributed by atoms with Gasteiger partial charge >= 0.3 is 5.97 Å². The molecule has 0 saturated carbocycles. The maximum absolute atomic E-state index is 12.2. The topological polar surface area (TPSA) is 92.7 Å². The number of benzene rings is 1. The Kier molecular flexibility index (Phi) is 4.97. The van der Waals surface area contributed by atoms with Gasteiger partial charge in [0, 0.05) is 12.6 Å². The maximum Gasteiger partial charge on any atom is 0.335 e. The number of rotatable bonds is 5. The lowest BCUT2D eigenvalue weighted by Gasteiger charge is -2.27. The Morgan fingerprint density at radius 3 is 2.90 bits per heavy atom. The molecule has 7 heteroatoms. The van der Waals surface area contributed by atoms with Gasteiger partial charge in [0.25, 0.3) is 0 Å².